The second-order valence-electron chi connectivity index (χ2n) is 17.6. The number of ether oxygens (including phenoxy) is 1. The maximum atomic E-state index is 13.4. The molecule has 18 heteroatoms. The van der Waals surface area contributed by atoms with Crippen molar-refractivity contribution in [2.75, 3.05) is 80.7 Å². The van der Waals surface area contributed by atoms with Gasteiger partial charge >= 0.3 is 6.03 Å². The van der Waals surface area contributed by atoms with E-state index in [0.29, 0.717) is 49.4 Å². The lowest BCUT2D eigenvalue weighted by Gasteiger charge is -2.39. The number of piperidine rings is 3. The number of nitrogens with two attached hydrogens (primary N) is 1. The van der Waals surface area contributed by atoms with Gasteiger partial charge in [0.25, 0.3) is 17.7 Å². The zero-order chi connectivity index (χ0) is 42.6. The fourth-order valence-corrected chi connectivity index (χ4v) is 10.2. The Balaban J connectivity index is 0.739. The molecule has 2 atom stereocenters. The molecular formula is C44H51N11O7. The van der Waals surface area contributed by atoms with E-state index in [1.807, 2.05) is 21.9 Å². The van der Waals surface area contributed by atoms with Gasteiger partial charge in [0.05, 0.1) is 42.6 Å². The fraction of sp³-hybridized carbons (Fsp3) is 0.500. The van der Waals surface area contributed by atoms with Crippen LogP contribution in [0.25, 0.3) is 0 Å². The predicted molar refractivity (Wildman–Crippen MR) is 226 cm³/mol. The Labute approximate surface area is 358 Å². The van der Waals surface area contributed by atoms with Crippen LogP contribution >= 0.6 is 0 Å². The van der Waals surface area contributed by atoms with Crippen molar-refractivity contribution in [2.24, 2.45) is 11.7 Å². The maximum Gasteiger partial charge on any atom is 0.320 e. The quantitative estimate of drug-likeness (QED) is 0.251. The Hall–Kier alpha value is -6.14. The number of nitrogens with one attached hydrogen (secondary N) is 2. The second kappa shape index (κ2) is 16.3. The molecule has 5 saturated heterocycles. The number of carbonyl (C=O) groups excluding carboxylic acids is 6. The molecule has 10 rings (SSSR count). The first-order chi connectivity index (χ1) is 30.1. The van der Waals surface area contributed by atoms with Gasteiger partial charge < -0.3 is 35.4 Å². The van der Waals surface area contributed by atoms with Crippen LogP contribution in [-0.2, 0) is 27.3 Å². The van der Waals surface area contributed by atoms with E-state index in [4.69, 9.17) is 15.5 Å². The van der Waals surface area contributed by atoms with Crippen LogP contribution in [0.2, 0.25) is 0 Å². The highest BCUT2D eigenvalue weighted by Gasteiger charge is 2.45. The van der Waals surface area contributed by atoms with E-state index in [2.05, 4.69) is 42.5 Å². The molecule has 0 aliphatic carbocycles. The minimum atomic E-state index is -0.983. The Morgan fingerprint density at radius 3 is 2.37 bits per heavy atom. The summed E-state index contributed by atoms with van der Waals surface area (Å²) in [5, 5.41) is 5.60. The van der Waals surface area contributed by atoms with Gasteiger partial charge in [0.2, 0.25) is 11.8 Å². The molecule has 7 aliphatic rings. The summed E-state index contributed by atoms with van der Waals surface area (Å²) in [5.74, 6) is -1.21. The van der Waals surface area contributed by atoms with Gasteiger partial charge in [0.1, 0.15) is 11.9 Å². The standard InChI is InChI=1S/C44H51N11O7/c45-39(57)38-40(48-36(20-46-38)52-12-1-2-31(23-52)53-16-17-54(44(53)61)32-24-62-25-32)47-29-4-3-28-22-50(13-11-27(28)18-29)21-26-9-14-51(15-10-26)30-5-6-33-34(19-30)43(60)55(42(33)59)35-7-8-37(56)49-41(35)58/h3-6,18-20,26,31-32,35H,1-2,7-17,21-25H2,(H2,45,57)(H,47,48)(H,49,56,58). The van der Waals surface area contributed by atoms with Crippen LogP contribution in [0.1, 0.15) is 80.9 Å². The van der Waals surface area contributed by atoms with Gasteiger partial charge in [-0.15, -0.1) is 0 Å². The summed E-state index contributed by atoms with van der Waals surface area (Å²) in [6.45, 7) is 8.42. The Morgan fingerprint density at radius 1 is 0.823 bits per heavy atom. The minimum absolute atomic E-state index is 0.0600. The van der Waals surface area contributed by atoms with Crippen molar-refractivity contribution in [3.8, 4) is 0 Å². The highest BCUT2D eigenvalue weighted by Crippen LogP contribution is 2.34. The number of amides is 7. The van der Waals surface area contributed by atoms with E-state index in [1.165, 1.54) is 11.1 Å². The molecule has 62 heavy (non-hydrogen) atoms. The van der Waals surface area contributed by atoms with E-state index < -0.39 is 35.6 Å². The first kappa shape index (κ1) is 40.0. The molecule has 0 bridgehead atoms. The predicted octanol–water partition coefficient (Wildman–Crippen LogP) is 2.10. The van der Waals surface area contributed by atoms with Crippen molar-refractivity contribution in [3.05, 3.63) is 70.5 Å². The molecule has 18 nitrogen and oxygen atoms in total. The third-order valence-electron chi connectivity index (χ3n) is 13.8. The topological polar surface area (TPSA) is 207 Å². The lowest BCUT2D eigenvalue weighted by atomic mass is 9.93. The molecule has 3 aromatic rings. The van der Waals surface area contributed by atoms with Crippen LogP contribution in [0, 0.1) is 5.92 Å². The van der Waals surface area contributed by atoms with E-state index in [0.717, 1.165) is 94.2 Å². The third kappa shape index (κ3) is 7.48. The van der Waals surface area contributed by atoms with Crippen LogP contribution in [0.4, 0.5) is 27.8 Å². The van der Waals surface area contributed by atoms with Crippen LogP contribution in [-0.4, -0.2) is 149 Å². The van der Waals surface area contributed by atoms with E-state index in [1.54, 1.807) is 18.3 Å². The fourth-order valence-electron chi connectivity index (χ4n) is 10.2. The number of rotatable bonds is 10. The first-order valence-electron chi connectivity index (χ1n) is 21.9. The molecule has 0 saturated carbocycles. The van der Waals surface area contributed by atoms with Crippen molar-refractivity contribution in [3.63, 3.8) is 0 Å². The van der Waals surface area contributed by atoms with Crippen LogP contribution < -0.4 is 26.2 Å². The number of fused-ring (bicyclic) bond motifs is 2. The molecule has 8 heterocycles. The van der Waals surface area contributed by atoms with Crippen molar-refractivity contribution >= 4 is 58.6 Å². The van der Waals surface area contributed by atoms with E-state index >= 15 is 0 Å². The monoisotopic (exact) mass is 845 g/mol. The van der Waals surface area contributed by atoms with Crippen LogP contribution in [0.5, 0.6) is 0 Å². The molecule has 1 aromatic heterocycles. The zero-order valence-electron chi connectivity index (χ0n) is 34.6. The van der Waals surface area contributed by atoms with Gasteiger partial charge in [-0.25, -0.2) is 14.8 Å². The highest BCUT2D eigenvalue weighted by molar-refractivity contribution is 6.23. The second-order valence-corrected chi connectivity index (χ2v) is 17.6. The van der Waals surface area contributed by atoms with E-state index in [-0.39, 0.29) is 42.2 Å². The van der Waals surface area contributed by atoms with Crippen molar-refractivity contribution < 1.29 is 33.5 Å². The first-order valence-corrected chi connectivity index (χ1v) is 21.9. The van der Waals surface area contributed by atoms with Crippen LogP contribution in [0.15, 0.2) is 42.6 Å². The summed E-state index contributed by atoms with van der Waals surface area (Å²) in [5.41, 5.74) is 10.6. The number of urea groups is 1. The zero-order valence-corrected chi connectivity index (χ0v) is 34.6. The SMILES string of the molecule is NC(=O)c1ncc(N2CCCC(N3CCN(C4COC4)C3=O)C2)nc1Nc1ccc2c(c1)CCN(CC1CCN(c3ccc4c(c3)C(=O)N(C3CCC(=O)NC3=O)C4=O)CC1)C2. The molecule has 0 radical (unpaired) electrons. The van der Waals surface area contributed by atoms with Gasteiger partial charge in [-0.3, -0.25) is 39.1 Å². The Morgan fingerprint density at radius 2 is 1.61 bits per heavy atom. The normalized spacial score (nSPS) is 23.7. The summed E-state index contributed by atoms with van der Waals surface area (Å²) in [6, 6.07) is 10.9. The van der Waals surface area contributed by atoms with Crippen LogP contribution in [0.3, 0.4) is 0 Å². The Kier molecular flexibility index (Phi) is 10.5. The smallest absolute Gasteiger partial charge is 0.320 e. The number of anilines is 4. The van der Waals surface area contributed by atoms with Crippen molar-refractivity contribution in [1.82, 2.24) is 34.9 Å². The summed E-state index contributed by atoms with van der Waals surface area (Å²) in [6.07, 6.45) is 6.50. The molecule has 7 amide bonds. The number of benzene rings is 2. The molecule has 2 aromatic carbocycles. The lowest BCUT2D eigenvalue weighted by molar-refractivity contribution is -0.136. The van der Waals surface area contributed by atoms with Gasteiger partial charge in [0.15, 0.2) is 11.5 Å². The largest absolute Gasteiger partial charge is 0.377 e. The number of nitrogens with zero attached hydrogens (tertiary/aromatic N) is 8. The Bertz CT molecular complexity index is 2350. The number of aromatic nitrogens is 2. The van der Waals surface area contributed by atoms with Gasteiger partial charge in [-0.05, 0) is 85.9 Å². The van der Waals surface area contributed by atoms with E-state index in [9.17, 15) is 28.8 Å². The summed E-state index contributed by atoms with van der Waals surface area (Å²) in [4.78, 5) is 97.7. The van der Waals surface area contributed by atoms with Crippen molar-refractivity contribution in [1.29, 1.82) is 0 Å². The maximum absolute atomic E-state index is 13.4. The van der Waals surface area contributed by atoms with Gasteiger partial charge in [-0.2, -0.15) is 0 Å². The summed E-state index contributed by atoms with van der Waals surface area (Å²) >= 11 is 0. The summed E-state index contributed by atoms with van der Waals surface area (Å²) in [7, 11) is 0. The average Bonchev–Trinajstić information content (AvgIpc) is 3.74. The molecule has 7 aliphatic heterocycles. The third-order valence-corrected chi connectivity index (χ3v) is 13.8. The number of primary amides is 1. The minimum Gasteiger partial charge on any atom is -0.377 e. The number of carbonyl (C=O) groups is 6. The van der Waals surface area contributed by atoms with Gasteiger partial charge in [-0.1, -0.05) is 6.07 Å². The highest BCUT2D eigenvalue weighted by atomic mass is 16.5. The van der Waals surface area contributed by atoms with Crippen molar-refractivity contribution in [2.45, 2.75) is 69.6 Å². The van der Waals surface area contributed by atoms with Gasteiger partial charge in [0, 0.05) is 76.7 Å². The number of imide groups is 2. The summed E-state index contributed by atoms with van der Waals surface area (Å²) < 4.78 is 5.33. The molecule has 0 spiro atoms. The molecular weight excluding hydrogens is 795 g/mol. The average molecular weight is 846 g/mol. The lowest BCUT2D eigenvalue weighted by Crippen LogP contribution is -2.54. The molecule has 2 unspecified atom stereocenters. The molecule has 4 N–H and O–H groups in total. The molecule has 324 valence electrons. The number of hydrogen-bond acceptors (Lipinski definition) is 13. The molecule has 5 fully saturated rings. The number of hydrogen-bond donors (Lipinski definition) is 3.